The quantitative estimate of drug-likeness (QED) is 0.589. The molecule has 0 aliphatic carbocycles. The van der Waals surface area contributed by atoms with Gasteiger partial charge in [-0.05, 0) is 19.8 Å². The highest BCUT2D eigenvalue weighted by Gasteiger charge is 2.23. The van der Waals surface area contributed by atoms with Crippen LogP contribution < -0.4 is 0 Å². The van der Waals surface area contributed by atoms with E-state index in [4.69, 9.17) is 9.15 Å². The molecule has 0 bridgehead atoms. The fourth-order valence-electron chi connectivity index (χ4n) is 2.09. The Labute approximate surface area is 116 Å². The molecule has 4 nitrogen and oxygen atoms in total. The van der Waals surface area contributed by atoms with Gasteiger partial charge in [-0.1, -0.05) is 46.0 Å². The van der Waals surface area contributed by atoms with Crippen LogP contribution in [0, 0.1) is 6.92 Å². The second-order valence-corrected chi connectivity index (χ2v) is 5.47. The summed E-state index contributed by atoms with van der Waals surface area (Å²) in [6.07, 6.45) is 8.59. The zero-order valence-corrected chi connectivity index (χ0v) is 12.9. The molecule has 1 heterocycles. The largest absolute Gasteiger partial charge is 0.423 e. The minimum Gasteiger partial charge on any atom is -0.423 e. The first-order valence-corrected chi connectivity index (χ1v) is 7.52. The molecule has 0 aromatic carbocycles. The first-order valence-electron chi connectivity index (χ1n) is 7.52. The van der Waals surface area contributed by atoms with Gasteiger partial charge in [0.15, 0.2) is 0 Å². The number of rotatable bonds is 10. The van der Waals surface area contributed by atoms with Crippen molar-refractivity contribution in [3.63, 3.8) is 0 Å². The van der Waals surface area contributed by atoms with Gasteiger partial charge in [-0.2, -0.15) is 0 Å². The molecule has 0 aliphatic rings. The van der Waals surface area contributed by atoms with Crippen molar-refractivity contribution < 1.29 is 9.15 Å². The van der Waals surface area contributed by atoms with E-state index in [0.717, 1.165) is 12.8 Å². The van der Waals surface area contributed by atoms with Crippen molar-refractivity contribution in [1.82, 2.24) is 10.2 Å². The molecule has 0 aliphatic heterocycles. The summed E-state index contributed by atoms with van der Waals surface area (Å²) in [4.78, 5) is 0. The highest BCUT2D eigenvalue weighted by Crippen LogP contribution is 2.24. The normalized spacial score (nSPS) is 14.5. The van der Waals surface area contributed by atoms with Crippen LogP contribution in [0.15, 0.2) is 4.42 Å². The van der Waals surface area contributed by atoms with E-state index in [-0.39, 0.29) is 5.60 Å². The second-order valence-electron chi connectivity index (χ2n) is 5.47. The van der Waals surface area contributed by atoms with Crippen LogP contribution >= 0.6 is 0 Å². The smallest absolute Gasteiger partial charge is 0.242 e. The SMILES string of the molecule is CCCCCCCC(C)(CC)OCc1nnc(C)o1. The Morgan fingerprint density at radius 2 is 1.84 bits per heavy atom. The van der Waals surface area contributed by atoms with Crippen molar-refractivity contribution >= 4 is 0 Å². The molecule has 19 heavy (non-hydrogen) atoms. The highest BCUT2D eigenvalue weighted by atomic mass is 16.5. The van der Waals surface area contributed by atoms with Gasteiger partial charge in [0.2, 0.25) is 11.8 Å². The predicted molar refractivity (Wildman–Crippen MR) is 75.9 cm³/mol. The molecule has 0 amide bonds. The standard InChI is InChI=1S/C15H28N2O2/c1-5-7-8-9-10-11-15(4,6-2)18-12-14-17-16-13(3)19-14/h5-12H2,1-4H3. The summed E-state index contributed by atoms with van der Waals surface area (Å²) in [5, 5.41) is 7.77. The van der Waals surface area contributed by atoms with Crippen LogP contribution in [0.3, 0.4) is 0 Å². The number of ether oxygens (including phenoxy) is 1. The molecule has 0 N–H and O–H groups in total. The average molecular weight is 268 g/mol. The molecule has 1 rings (SSSR count). The van der Waals surface area contributed by atoms with Gasteiger partial charge in [0.25, 0.3) is 0 Å². The van der Waals surface area contributed by atoms with Gasteiger partial charge >= 0.3 is 0 Å². The number of hydrogen-bond acceptors (Lipinski definition) is 4. The summed E-state index contributed by atoms with van der Waals surface area (Å²) in [5.74, 6) is 1.17. The molecule has 0 spiro atoms. The maximum atomic E-state index is 5.99. The minimum absolute atomic E-state index is 0.0748. The Morgan fingerprint density at radius 1 is 1.11 bits per heavy atom. The van der Waals surface area contributed by atoms with Gasteiger partial charge in [-0.25, -0.2) is 0 Å². The van der Waals surface area contributed by atoms with E-state index in [2.05, 4.69) is 31.0 Å². The monoisotopic (exact) mass is 268 g/mol. The van der Waals surface area contributed by atoms with Gasteiger partial charge in [-0.3, -0.25) is 0 Å². The van der Waals surface area contributed by atoms with Crippen LogP contribution in [0.4, 0.5) is 0 Å². The van der Waals surface area contributed by atoms with Gasteiger partial charge in [-0.15, -0.1) is 10.2 Å². The fraction of sp³-hybridized carbons (Fsp3) is 0.867. The van der Waals surface area contributed by atoms with E-state index in [1.807, 2.05) is 0 Å². The van der Waals surface area contributed by atoms with Gasteiger partial charge in [0.1, 0.15) is 6.61 Å². The summed E-state index contributed by atoms with van der Waals surface area (Å²) in [6, 6.07) is 0. The van der Waals surface area contributed by atoms with E-state index in [9.17, 15) is 0 Å². The lowest BCUT2D eigenvalue weighted by atomic mass is 9.95. The number of hydrogen-bond donors (Lipinski definition) is 0. The maximum absolute atomic E-state index is 5.99. The summed E-state index contributed by atoms with van der Waals surface area (Å²) in [6.45, 7) is 8.80. The third kappa shape index (κ3) is 6.19. The van der Waals surface area contributed by atoms with Gasteiger partial charge in [0.05, 0.1) is 5.60 Å². The Kier molecular flexibility index (Phi) is 7.06. The van der Waals surface area contributed by atoms with E-state index in [1.165, 1.54) is 32.1 Å². The maximum Gasteiger partial charge on any atom is 0.242 e. The molecule has 0 fully saturated rings. The van der Waals surface area contributed by atoms with Crippen LogP contribution in [0.5, 0.6) is 0 Å². The van der Waals surface area contributed by atoms with Gasteiger partial charge < -0.3 is 9.15 Å². The third-order valence-electron chi connectivity index (χ3n) is 3.67. The molecule has 0 saturated heterocycles. The first-order chi connectivity index (χ1) is 9.09. The van der Waals surface area contributed by atoms with Crippen molar-refractivity contribution in [3.05, 3.63) is 11.8 Å². The Morgan fingerprint density at radius 3 is 2.42 bits per heavy atom. The van der Waals surface area contributed by atoms with Crippen molar-refractivity contribution in [2.24, 2.45) is 0 Å². The molecule has 4 heteroatoms. The number of unbranched alkanes of at least 4 members (excludes halogenated alkanes) is 4. The molecule has 1 aromatic rings. The molecular formula is C15H28N2O2. The Bertz CT molecular complexity index is 352. The van der Waals surface area contributed by atoms with Crippen molar-refractivity contribution in [1.29, 1.82) is 0 Å². The lowest BCUT2D eigenvalue weighted by Crippen LogP contribution is -2.27. The van der Waals surface area contributed by atoms with E-state index >= 15 is 0 Å². The molecular weight excluding hydrogens is 240 g/mol. The summed E-state index contributed by atoms with van der Waals surface area (Å²) in [7, 11) is 0. The summed E-state index contributed by atoms with van der Waals surface area (Å²) < 4.78 is 11.3. The molecule has 110 valence electrons. The first kappa shape index (κ1) is 16.2. The van der Waals surface area contributed by atoms with Crippen LogP contribution in [0.25, 0.3) is 0 Å². The Balaban J connectivity index is 2.29. The lowest BCUT2D eigenvalue weighted by molar-refractivity contribution is -0.0606. The average Bonchev–Trinajstić information content (AvgIpc) is 2.82. The number of aryl methyl sites for hydroxylation is 1. The fourth-order valence-corrected chi connectivity index (χ4v) is 2.09. The van der Waals surface area contributed by atoms with Crippen LogP contribution in [0.2, 0.25) is 0 Å². The van der Waals surface area contributed by atoms with E-state index in [1.54, 1.807) is 6.92 Å². The van der Waals surface area contributed by atoms with Crippen molar-refractivity contribution in [2.75, 3.05) is 0 Å². The predicted octanol–water partition coefficient (Wildman–Crippen LogP) is 4.42. The molecule has 1 aromatic heterocycles. The molecule has 1 unspecified atom stereocenters. The second kappa shape index (κ2) is 8.31. The lowest BCUT2D eigenvalue weighted by Gasteiger charge is -2.28. The molecule has 0 saturated carbocycles. The van der Waals surface area contributed by atoms with Gasteiger partial charge in [0, 0.05) is 6.92 Å². The number of aromatic nitrogens is 2. The number of nitrogens with zero attached hydrogens (tertiary/aromatic N) is 2. The molecule has 0 radical (unpaired) electrons. The third-order valence-corrected chi connectivity index (χ3v) is 3.67. The van der Waals surface area contributed by atoms with Crippen LogP contribution in [-0.2, 0) is 11.3 Å². The van der Waals surface area contributed by atoms with Crippen LogP contribution in [0.1, 0.15) is 77.5 Å². The van der Waals surface area contributed by atoms with E-state index < -0.39 is 0 Å². The topological polar surface area (TPSA) is 48.2 Å². The van der Waals surface area contributed by atoms with Crippen molar-refractivity contribution in [3.8, 4) is 0 Å². The zero-order valence-electron chi connectivity index (χ0n) is 12.9. The minimum atomic E-state index is -0.0748. The molecule has 1 atom stereocenters. The van der Waals surface area contributed by atoms with Crippen molar-refractivity contribution in [2.45, 2.75) is 84.8 Å². The summed E-state index contributed by atoms with van der Waals surface area (Å²) in [5.41, 5.74) is -0.0748. The highest BCUT2D eigenvalue weighted by molar-refractivity contribution is 4.79. The Hall–Kier alpha value is -0.900. The zero-order chi connectivity index (χ0) is 14.1. The van der Waals surface area contributed by atoms with E-state index in [0.29, 0.717) is 18.4 Å². The summed E-state index contributed by atoms with van der Waals surface area (Å²) >= 11 is 0. The van der Waals surface area contributed by atoms with Crippen LogP contribution in [-0.4, -0.2) is 15.8 Å².